The lowest BCUT2D eigenvalue weighted by Crippen LogP contribution is -2.48. The minimum Gasteiger partial charge on any atom is -0.481 e. The summed E-state index contributed by atoms with van der Waals surface area (Å²) in [7, 11) is 0. The molecule has 2 rings (SSSR count). The summed E-state index contributed by atoms with van der Waals surface area (Å²) in [5.74, 6) is -0.586. The minimum absolute atomic E-state index is 0.0958. The number of rotatable bonds is 2. The molecule has 2 fully saturated rings. The van der Waals surface area contributed by atoms with Crippen LogP contribution in [0.1, 0.15) is 52.9 Å². The first-order valence-corrected chi connectivity index (χ1v) is 7.80. The average molecular weight is 281 g/mol. The maximum atomic E-state index is 12.7. The van der Waals surface area contributed by atoms with Crippen LogP contribution >= 0.6 is 0 Å². The lowest BCUT2D eigenvalue weighted by atomic mass is 9.71. The third-order valence-corrected chi connectivity index (χ3v) is 4.88. The van der Waals surface area contributed by atoms with E-state index in [0.29, 0.717) is 13.0 Å². The first-order chi connectivity index (χ1) is 9.28. The highest BCUT2D eigenvalue weighted by Crippen LogP contribution is 2.39. The Balaban J connectivity index is 2.02. The number of hydrogen-bond donors (Lipinski definition) is 1. The molecule has 0 bridgehead atoms. The predicted octanol–water partition coefficient (Wildman–Crippen LogP) is 2.77. The van der Waals surface area contributed by atoms with Gasteiger partial charge in [-0.2, -0.15) is 0 Å². The zero-order valence-electron chi connectivity index (χ0n) is 12.9. The Morgan fingerprint density at radius 2 is 1.90 bits per heavy atom. The van der Waals surface area contributed by atoms with Crippen LogP contribution in [0.4, 0.5) is 0 Å². The van der Waals surface area contributed by atoms with Crippen LogP contribution in [0.3, 0.4) is 0 Å². The van der Waals surface area contributed by atoms with Crippen molar-refractivity contribution in [3.05, 3.63) is 0 Å². The van der Waals surface area contributed by atoms with E-state index in [4.69, 9.17) is 0 Å². The summed E-state index contributed by atoms with van der Waals surface area (Å²) >= 11 is 0. The molecule has 3 unspecified atom stereocenters. The molecule has 1 heterocycles. The van der Waals surface area contributed by atoms with E-state index < -0.39 is 5.97 Å². The first kappa shape index (κ1) is 15.3. The Labute approximate surface area is 121 Å². The van der Waals surface area contributed by atoms with Crippen LogP contribution in [-0.4, -0.2) is 35.0 Å². The van der Waals surface area contributed by atoms with Crippen molar-refractivity contribution in [2.75, 3.05) is 13.1 Å². The molecule has 1 saturated heterocycles. The predicted molar refractivity (Wildman–Crippen MR) is 77.2 cm³/mol. The number of carbonyl (C=O) groups excluding carboxylic acids is 1. The summed E-state index contributed by atoms with van der Waals surface area (Å²) in [6, 6.07) is 0. The fraction of sp³-hybridized carbons (Fsp3) is 0.875. The number of nitrogens with zero attached hydrogens (tertiary/aromatic N) is 1. The van der Waals surface area contributed by atoms with Gasteiger partial charge >= 0.3 is 5.97 Å². The van der Waals surface area contributed by atoms with Crippen molar-refractivity contribution in [1.29, 1.82) is 0 Å². The average Bonchev–Trinajstić information content (AvgIpc) is 2.35. The molecule has 0 aromatic heterocycles. The second-order valence-electron chi connectivity index (χ2n) is 7.58. The molecule has 0 aromatic rings. The third-order valence-electron chi connectivity index (χ3n) is 4.88. The van der Waals surface area contributed by atoms with Gasteiger partial charge in [-0.3, -0.25) is 9.59 Å². The largest absolute Gasteiger partial charge is 0.481 e. The molecule has 20 heavy (non-hydrogen) atoms. The summed E-state index contributed by atoms with van der Waals surface area (Å²) in [5.41, 5.74) is 0.242. The van der Waals surface area contributed by atoms with E-state index in [0.717, 1.165) is 25.8 Å². The van der Waals surface area contributed by atoms with Gasteiger partial charge in [0, 0.05) is 19.0 Å². The van der Waals surface area contributed by atoms with E-state index in [1.165, 1.54) is 6.42 Å². The fourth-order valence-corrected chi connectivity index (χ4v) is 3.88. The van der Waals surface area contributed by atoms with Gasteiger partial charge in [0.1, 0.15) is 0 Å². The van der Waals surface area contributed by atoms with Crippen LogP contribution in [0.5, 0.6) is 0 Å². The summed E-state index contributed by atoms with van der Waals surface area (Å²) in [6.07, 6.45) is 4.88. The summed E-state index contributed by atoms with van der Waals surface area (Å²) in [6.45, 7) is 7.62. The normalized spacial score (nSPS) is 33.8. The highest BCUT2D eigenvalue weighted by molar-refractivity contribution is 5.80. The van der Waals surface area contributed by atoms with Gasteiger partial charge in [-0.25, -0.2) is 0 Å². The molecule has 4 heteroatoms. The van der Waals surface area contributed by atoms with Gasteiger partial charge < -0.3 is 10.0 Å². The lowest BCUT2D eigenvalue weighted by Gasteiger charge is -2.40. The molecule has 1 aliphatic heterocycles. The Hall–Kier alpha value is -1.06. The van der Waals surface area contributed by atoms with Gasteiger partial charge in [-0.15, -0.1) is 0 Å². The molecule has 1 amide bonds. The number of piperidine rings is 1. The molecule has 1 N–H and O–H groups in total. The monoisotopic (exact) mass is 281 g/mol. The van der Waals surface area contributed by atoms with Crippen LogP contribution in [-0.2, 0) is 9.59 Å². The van der Waals surface area contributed by atoms with Gasteiger partial charge in [0.25, 0.3) is 0 Å². The second kappa shape index (κ2) is 5.74. The number of hydrogen-bond acceptors (Lipinski definition) is 2. The molecule has 1 aliphatic carbocycles. The molecular weight excluding hydrogens is 254 g/mol. The SMILES string of the molecule is CC1CC(C(=O)O)CN(C(=O)C2CCCC(C)(C)C2)C1. The van der Waals surface area contributed by atoms with Gasteiger partial charge in [0.2, 0.25) is 5.91 Å². The first-order valence-electron chi connectivity index (χ1n) is 7.80. The van der Waals surface area contributed by atoms with E-state index in [-0.39, 0.29) is 29.1 Å². The fourth-order valence-electron chi connectivity index (χ4n) is 3.88. The van der Waals surface area contributed by atoms with Gasteiger partial charge in [-0.1, -0.05) is 27.2 Å². The molecule has 0 spiro atoms. The number of amides is 1. The summed E-state index contributed by atoms with van der Waals surface area (Å²) in [4.78, 5) is 25.7. The van der Waals surface area contributed by atoms with Crippen molar-refractivity contribution in [1.82, 2.24) is 4.90 Å². The molecule has 4 nitrogen and oxygen atoms in total. The van der Waals surface area contributed by atoms with Gasteiger partial charge in [0.15, 0.2) is 0 Å². The number of carbonyl (C=O) groups is 2. The highest BCUT2D eigenvalue weighted by atomic mass is 16.4. The zero-order chi connectivity index (χ0) is 14.9. The van der Waals surface area contributed by atoms with Crippen molar-refractivity contribution < 1.29 is 14.7 Å². The minimum atomic E-state index is -0.765. The van der Waals surface area contributed by atoms with Crippen molar-refractivity contribution in [2.24, 2.45) is 23.2 Å². The Bertz CT molecular complexity index is 391. The van der Waals surface area contributed by atoms with Crippen molar-refractivity contribution >= 4 is 11.9 Å². The topological polar surface area (TPSA) is 57.6 Å². The number of likely N-dealkylation sites (tertiary alicyclic amines) is 1. The van der Waals surface area contributed by atoms with E-state index in [1.54, 1.807) is 0 Å². The van der Waals surface area contributed by atoms with Gasteiger partial charge in [0.05, 0.1) is 5.92 Å². The van der Waals surface area contributed by atoms with Crippen LogP contribution < -0.4 is 0 Å². The molecule has 0 radical (unpaired) electrons. The smallest absolute Gasteiger partial charge is 0.308 e. The lowest BCUT2D eigenvalue weighted by molar-refractivity contribution is -0.149. The Morgan fingerprint density at radius 1 is 1.20 bits per heavy atom. The van der Waals surface area contributed by atoms with E-state index >= 15 is 0 Å². The van der Waals surface area contributed by atoms with E-state index in [9.17, 15) is 14.7 Å². The van der Waals surface area contributed by atoms with Crippen LogP contribution in [0.15, 0.2) is 0 Å². The number of carboxylic acid groups (broad SMARTS) is 1. The molecule has 3 atom stereocenters. The highest BCUT2D eigenvalue weighted by Gasteiger charge is 2.38. The molecular formula is C16H27NO3. The Morgan fingerprint density at radius 3 is 2.50 bits per heavy atom. The van der Waals surface area contributed by atoms with E-state index in [2.05, 4.69) is 13.8 Å². The summed E-state index contributed by atoms with van der Waals surface area (Å²) < 4.78 is 0. The van der Waals surface area contributed by atoms with Gasteiger partial charge in [-0.05, 0) is 37.0 Å². The van der Waals surface area contributed by atoms with Crippen molar-refractivity contribution in [3.8, 4) is 0 Å². The summed E-state index contributed by atoms with van der Waals surface area (Å²) in [5, 5.41) is 9.21. The number of carboxylic acids is 1. The standard InChI is InChI=1S/C16H27NO3/c1-11-7-13(15(19)20)10-17(9-11)14(18)12-5-4-6-16(2,3)8-12/h11-13H,4-10H2,1-3H3,(H,19,20). The molecule has 1 saturated carbocycles. The molecule has 2 aliphatic rings. The second-order valence-corrected chi connectivity index (χ2v) is 7.58. The quantitative estimate of drug-likeness (QED) is 0.846. The maximum absolute atomic E-state index is 12.7. The zero-order valence-corrected chi connectivity index (χ0v) is 12.9. The van der Waals surface area contributed by atoms with Crippen LogP contribution in [0.2, 0.25) is 0 Å². The third kappa shape index (κ3) is 3.53. The molecule has 114 valence electrons. The van der Waals surface area contributed by atoms with Crippen molar-refractivity contribution in [2.45, 2.75) is 52.9 Å². The van der Waals surface area contributed by atoms with Crippen molar-refractivity contribution in [3.63, 3.8) is 0 Å². The van der Waals surface area contributed by atoms with Crippen LogP contribution in [0, 0.1) is 23.2 Å². The maximum Gasteiger partial charge on any atom is 0.308 e. The number of aliphatic carboxylic acids is 1. The van der Waals surface area contributed by atoms with E-state index in [1.807, 2.05) is 11.8 Å². The molecule has 0 aromatic carbocycles. The van der Waals surface area contributed by atoms with Crippen LogP contribution in [0.25, 0.3) is 0 Å². The Kier molecular flexibility index (Phi) is 4.40.